The van der Waals surface area contributed by atoms with E-state index in [4.69, 9.17) is 0 Å². The Kier molecular flexibility index (Phi) is 5.88. The number of cyclic esters (lactones) is 2. The molecule has 0 aromatic heterocycles. The molecule has 0 spiro atoms. The van der Waals surface area contributed by atoms with Crippen LogP contribution in [0.1, 0.15) is 44.1 Å². The van der Waals surface area contributed by atoms with Gasteiger partial charge in [-0.15, -0.1) is 0 Å². The second-order valence-corrected chi connectivity index (χ2v) is 7.28. The van der Waals surface area contributed by atoms with Crippen molar-refractivity contribution in [1.29, 1.82) is 0 Å². The van der Waals surface area contributed by atoms with Crippen molar-refractivity contribution in [1.82, 2.24) is 4.90 Å². The van der Waals surface area contributed by atoms with Gasteiger partial charge in [-0.3, -0.25) is 9.59 Å². The number of aliphatic carboxylic acids is 1. The van der Waals surface area contributed by atoms with E-state index >= 15 is 0 Å². The monoisotopic (exact) mass is 373 g/mol. The fourth-order valence-corrected chi connectivity index (χ4v) is 4.02. The van der Waals surface area contributed by atoms with Crippen LogP contribution in [0.25, 0.3) is 0 Å². The van der Waals surface area contributed by atoms with Crippen LogP contribution in [0.4, 0.5) is 4.79 Å². The van der Waals surface area contributed by atoms with E-state index < -0.39 is 35.9 Å². The molecule has 1 aromatic carbocycles. The van der Waals surface area contributed by atoms with Crippen LogP contribution in [0.2, 0.25) is 0 Å². The van der Waals surface area contributed by atoms with Crippen molar-refractivity contribution in [2.75, 3.05) is 0 Å². The Morgan fingerprint density at radius 3 is 2.44 bits per heavy atom. The molecule has 27 heavy (non-hydrogen) atoms. The molecule has 0 radical (unpaired) electrons. The second-order valence-electron chi connectivity index (χ2n) is 7.28. The van der Waals surface area contributed by atoms with E-state index in [0.717, 1.165) is 36.1 Å². The van der Waals surface area contributed by atoms with Gasteiger partial charge in [0.15, 0.2) is 0 Å². The molecule has 1 heterocycles. The van der Waals surface area contributed by atoms with Crippen molar-refractivity contribution in [2.24, 2.45) is 11.8 Å². The first-order chi connectivity index (χ1) is 13.0. The highest BCUT2D eigenvalue weighted by atomic mass is 16.6. The summed E-state index contributed by atoms with van der Waals surface area (Å²) in [5, 5.41) is 9.21. The first-order valence-electron chi connectivity index (χ1n) is 9.30. The third-order valence-corrected chi connectivity index (χ3v) is 5.34. The molecule has 144 valence electrons. The molecule has 2 amide bonds. The molecule has 2 aliphatic rings. The molecule has 3 rings (SSSR count). The predicted molar refractivity (Wildman–Crippen MR) is 94.6 cm³/mol. The average molecular weight is 373 g/mol. The van der Waals surface area contributed by atoms with Gasteiger partial charge in [-0.2, -0.15) is 0 Å². The van der Waals surface area contributed by atoms with Crippen LogP contribution in [-0.2, 0) is 25.5 Å². The summed E-state index contributed by atoms with van der Waals surface area (Å²) in [5.74, 6) is -3.04. The summed E-state index contributed by atoms with van der Waals surface area (Å²) in [4.78, 5) is 49.4. The maximum absolute atomic E-state index is 13.0. The van der Waals surface area contributed by atoms with Crippen molar-refractivity contribution >= 4 is 23.9 Å². The molecule has 1 aliphatic carbocycles. The van der Waals surface area contributed by atoms with Crippen molar-refractivity contribution in [3.05, 3.63) is 35.9 Å². The molecule has 0 bridgehead atoms. The maximum atomic E-state index is 13.0. The zero-order valence-corrected chi connectivity index (χ0v) is 15.0. The van der Waals surface area contributed by atoms with Crippen LogP contribution >= 0.6 is 0 Å². The smallest absolute Gasteiger partial charge is 0.425 e. The topological polar surface area (TPSA) is 101 Å². The van der Waals surface area contributed by atoms with Crippen LogP contribution < -0.4 is 0 Å². The minimum atomic E-state index is -1.09. The van der Waals surface area contributed by atoms with Crippen molar-refractivity contribution in [3.8, 4) is 0 Å². The Labute approximate surface area is 157 Å². The number of nitrogens with zero attached hydrogens (tertiary/aromatic N) is 1. The summed E-state index contributed by atoms with van der Waals surface area (Å²) < 4.78 is 4.68. The lowest BCUT2D eigenvalue weighted by Gasteiger charge is -2.25. The Hall–Kier alpha value is -2.70. The largest absolute Gasteiger partial charge is 0.481 e. The number of rotatable bonds is 7. The first-order valence-corrected chi connectivity index (χ1v) is 9.30. The molecule has 1 saturated carbocycles. The van der Waals surface area contributed by atoms with E-state index in [1.165, 1.54) is 0 Å². The molecule has 7 heteroatoms. The normalized spacial score (nSPS) is 21.3. The summed E-state index contributed by atoms with van der Waals surface area (Å²) in [6.07, 6.45) is 3.26. The van der Waals surface area contributed by atoms with Gasteiger partial charge in [0.25, 0.3) is 0 Å². The first kappa shape index (κ1) is 19.1. The quantitative estimate of drug-likeness (QED) is 0.583. The molecule has 1 saturated heterocycles. The number of ether oxygens (including phenoxy) is 1. The van der Waals surface area contributed by atoms with E-state index in [1.54, 1.807) is 24.3 Å². The zero-order valence-electron chi connectivity index (χ0n) is 15.0. The highest BCUT2D eigenvalue weighted by Gasteiger charge is 2.47. The molecule has 1 aromatic rings. The third-order valence-electron chi connectivity index (χ3n) is 5.34. The number of carbonyl (C=O) groups excluding carboxylic acids is 3. The van der Waals surface area contributed by atoms with Crippen molar-refractivity contribution in [2.45, 2.75) is 51.0 Å². The van der Waals surface area contributed by atoms with Gasteiger partial charge in [-0.25, -0.2) is 14.5 Å². The average Bonchev–Trinajstić information content (AvgIpc) is 3.22. The number of hydrogen-bond donors (Lipinski definition) is 1. The molecular formula is C20H23NO6. The molecule has 1 unspecified atom stereocenters. The number of amides is 2. The maximum Gasteiger partial charge on any atom is 0.425 e. The van der Waals surface area contributed by atoms with Crippen LogP contribution in [0.3, 0.4) is 0 Å². The highest BCUT2D eigenvalue weighted by molar-refractivity contribution is 6.06. The fraction of sp³-hybridized carbons (Fsp3) is 0.500. The Morgan fingerprint density at radius 2 is 1.81 bits per heavy atom. The van der Waals surface area contributed by atoms with E-state index in [2.05, 4.69) is 4.74 Å². The molecule has 2 atom stereocenters. The molecule has 2 fully saturated rings. The van der Waals surface area contributed by atoms with Crippen molar-refractivity contribution < 1.29 is 29.0 Å². The lowest BCUT2D eigenvalue weighted by Crippen LogP contribution is -2.45. The van der Waals surface area contributed by atoms with Gasteiger partial charge in [0, 0.05) is 12.3 Å². The van der Waals surface area contributed by atoms with Gasteiger partial charge in [0.05, 0.1) is 6.42 Å². The van der Waals surface area contributed by atoms with Crippen molar-refractivity contribution in [3.63, 3.8) is 0 Å². The van der Waals surface area contributed by atoms with Crippen LogP contribution in [0.5, 0.6) is 0 Å². The Bertz CT molecular complexity index is 725. The summed E-state index contributed by atoms with van der Waals surface area (Å²) in [6, 6.07) is 7.98. The number of hydrogen-bond acceptors (Lipinski definition) is 5. The van der Waals surface area contributed by atoms with E-state index in [0.29, 0.717) is 6.42 Å². The third kappa shape index (κ3) is 4.53. The Balaban J connectivity index is 1.79. The molecular weight excluding hydrogens is 350 g/mol. The number of carbonyl (C=O) groups is 4. The second kappa shape index (κ2) is 8.33. The lowest BCUT2D eigenvalue weighted by atomic mass is 9.89. The summed E-state index contributed by atoms with van der Waals surface area (Å²) in [5.41, 5.74) is 0.789. The van der Waals surface area contributed by atoms with Gasteiger partial charge in [0.1, 0.15) is 6.04 Å². The standard InChI is InChI=1S/C20H23NO6/c22-17(23)12-15(10-13-8-4-5-9-13)18(24)21-16(19(25)27-20(21)26)11-14-6-2-1-3-7-14/h1-3,6-7,13,15-16H,4-5,8-12H2,(H,22,23)/t15?,16-/m0/s1. The van der Waals surface area contributed by atoms with Gasteiger partial charge in [-0.1, -0.05) is 56.0 Å². The number of carboxylic acid groups (broad SMARTS) is 1. The summed E-state index contributed by atoms with van der Waals surface area (Å²) >= 11 is 0. The van der Waals surface area contributed by atoms with Gasteiger partial charge < -0.3 is 9.84 Å². The summed E-state index contributed by atoms with van der Waals surface area (Å²) in [6.45, 7) is 0. The zero-order chi connectivity index (χ0) is 19.4. The lowest BCUT2D eigenvalue weighted by molar-refractivity contribution is -0.145. The van der Waals surface area contributed by atoms with Crippen LogP contribution in [0.15, 0.2) is 30.3 Å². The van der Waals surface area contributed by atoms with Gasteiger partial charge >= 0.3 is 18.0 Å². The van der Waals surface area contributed by atoms with Crippen LogP contribution in [-0.4, -0.2) is 40.0 Å². The number of esters is 1. The fourth-order valence-electron chi connectivity index (χ4n) is 4.02. The van der Waals surface area contributed by atoms with Gasteiger partial charge in [0.2, 0.25) is 5.91 Å². The Morgan fingerprint density at radius 1 is 1.15 bits per heavy atom. The van der Waals surface area contributed by atoms with E-state index in [9.17, 15) is 24.3 Å². The minimum absolute atomic E-state index is 0.153. The number of benzene rings is 1. The predicted octanol–water partition coefficient (Wildman–Crippen LogP) is 2.77. The van der Waals surface area contributed by atoms with Gasteiger partial charge in [-0.05, 0) is 17.9 Å². The highest BCUT2D eigenvalue weighted by Crippen LogP contribution is 2.33. The summed E-state index contributed by atoms with van der Waals surface area (Å²) in [7, 11) is 0. The number of carboxylic acids is 1. The molecule has 1 aliphatic heterocycles. The molecule has 7 nitrogen and oxygen atoms in total. The molecule has 1 N–H and O–H groups in total. The number of imide groups is 1. The SMILES string of the molecule is O=C(O)CC(CC1CCCC1)C(=O)N1C(=O)OC(=O)[C@@H]1Cc1ccccc1. The minimum Gasteiger partial charge on any atom is -0.481 e. The van der Waals surface area contributed by atoms with E-state index in [1.807, 2.05) is 6.07 Å². The van der Waals surface area contributed by atoms with E-state index in [-0.39, 0.29) is 18.8 Å². The van der Waals surface area contributed by atoms with Crippen LogP contribution in [0, 0.1) is 11.8 Å².